The van der Waals surface area contributed by atoms with Crippen LogP contribution in [0.3, 0.4) is 0 Å². The number of nitrogens with two attached hydrogens (primary N) is 1. The molecule has 6 heteroatoms. The molecular formula is C14H18N4O2. The average Bonchev–Trinajstić information content (AvgIpc) is 2.44. The second kappa shape index (κ2) is 5.83. The van der Waals surface area contributed by atoms with Crippen molar-refractivity contribution >= 4 is 22.1 Å². The number of pyridine rings is 1. The summed E-state index contributed by atoms with van der Waals surface area (Å²) in [5.41, 5.74) is 7.44. The zero-order chi connectivity index (χ0) is 14.7. The van der Waals surface area contributed by atoms with Gasteiger partial charge in [0.1, 0.15) is 0 Å². The highest BCUT2D eigenvalue weighted by Gasteiger charge is 2.16. The Labute approximate surface area is 117 Å². The van der Waals surface area contributed by atoms with Crippen LogP contribution in [0.15, 0.2) is 24.4 Å². The third-order valence-electron chi connectivity index (χ3n) is 3.35. The molecule has 3 N–H and O–H groups in total. The Kier molecular flexibility index (Phi) is 4.14. The van der Waals surface area contributed by atoms with Gasteiger partial charge >= 0.3 is 0 Å². The van der Waals surface area contributed by atoms with Gasteiger partial charge < -0.3 is 11.1 Å². The molecule has 0 aliphatic rings. The topological polar surface area (TPSA) is 94.1 Å². The predicted octanol–water partition coefficient (Wildman–Crippen LogP) is 2.60. The first-order valence-corrected chi connectivity index (χ1v) is 6.57. The summed E-state index contributed by atoms with van der Waals surface area (Å²) in [6, 6.07) is 5.24. The summed E-state index contributed by atoms with van der Waals surface area (Å²) in [5, 5.41) is 15.8. The van der Waals surface area contributed by atoms with E-state index in [1.54, 1.807) is 12.3 Å². The zero-order valence-electron chi connectivity index (χ0n) is 11.6. The highest BCUT2D eigenvalue weighted by atomic mass is 16.6. The van der Waals surface area contributed by atoms with E-state index in [0.29, 0.717) is 11.9 Å². The predicted molar refractivity (Wildman–Crippen MR) is 79.9 cm³/mol. The summed E-state index contributed by atoms with van der Waals surface area (Å²) < 4.78 is 0. The molecular weight excluding hydrogens is 256 g/mol. The Bertz CT molecular complexity index is 638. The van der Waals surface area contributed by atoms with Gasteiger partial charge in [0, 0.05) is 41.6 Å². The van der Waals surface area contributed by atoms with Crippen LogP contribution in [0.25, 0.3) is 10.8 Å². The lowest BCUT2D eigenvalue weighted by molar-refractivity contribution is -0.383. The minimum atomic E-state index is -0.386. The molecule has 0 amide bonds. The maximum atomic E-state index is 11.1. The van der Waals surface area contributed by atoms with Gasteiger partial charge in [-0.05, 0) is 25.5 Å². The molecule has 0 saturated carbocycles. The van der Waals surface area contributed by atoms with Gasteiger partial charge in [-0.25, -0.2) is 0 Å². The summed E-state index contributed by atoms with van der Waals surface area (Å²) in [7, 11) is 0. The molecule has 0 aliphatic carbocycles. The summed E-state index contributed by atoms with van der Waals surface area (Å²) in [6.45, 7) is 4.42. The van der Waals surface area contributed by atoms with Crippen LogP contribution >= 0.6 is 0 Å². The van der Waals surface area contributed by atoms with E-state index in [0.717, 1.165) is 23.2 Å². The molecule has 6 nitrogen and oxygen atoms in total. The van der Waals surface area contributed by atoms with Crippen molar-refractivity contribution in [1.29, 1.82) is 0 Å². The third-order valence-corrected chi connectivity index (χ3v) is 3.35. The largest absolute Gasteiger partial charge is 0.381 e. The maximum absolute atomic E-state index is 11.1. The molecule has 1 aromatic carbocycles. The molecule has 1 heterocycles. The van der Waals surface area contributed by atoms with Crippen LogP contribution in [0.5, 0.6) is 0 Å². The normalized spacial score (nSPS) is 12.3. The molecule has 1 atom stereocenters. The van der Waals surface area contributed by atoms with Crippen LogP contribution in [0.1, 0.15) is 19.0 Å². The fourth-order valence-corrected chi connectivity index (χ4v) is 2.16. The first kappa shape index (κ1) is 14.2. The second-order valence-electron chi connectivity index (χ2n) is 4.75. The minimum absolute atomic E-state index is 0.0684. The van der Waals surface area contributed by atoms with E-state index in [1.165, 1.54) is 6.07 Å². The standard InChI is InChI=1S/C14H18N4O2/c1-3-10(7-15)17-13-4-5-14(18(19)20)12-8-16-9(2)6-11(12)13/h4-6,8,10,17H,3,7,15H2,1-2H3. The number of hydrogen-bond acceptors (Lipinski definition) is 5. The fraction of sp³-hybridized carbons (Fsp3) is 0.357. The van der Waals surface area contributed by atoms with Crippen LogP contribution in [-0.2, 0) is 0 Å². The molecule has 0 fully saturated rings. The van der Waals surface area contributed by atoms with Crippen LogP contribution in [0, 0.1) is 17.0 Å². The molecule has 0 aliphatic heterocycles. The van der Waals surface area contributed by atoms with Crippen molar-refractivity contribution in [2.24, 2.45) is 5.73 Å². The van der Waals surface area contributed by atoms with Crippen molar-refractivity contribution in [3.63, 3.8) is 0 Å². The lowest BCUT2D eigenvalue weighted by atomic mass is 10.1. The number of fused-ring (bicyclic) bond motifs is 1. The van der Waals surface area contributed by atoms with Crippen LogP contribution in [-0.4, -0.2) is 22.5 Å². The van der Waals surface area contributed by atoms with Gasteiger partial charge in [-0.2, -0.15) is 0 Å². The number of non-ortho nitro benzene ring substituents is 1. The van der Waals surface area contributed by atoms with Crippen molar-refractivity contribution in [2.45, 2.75) is 26.3 Å². The molecule has 0 radical (unpaired) electrons. The van der Waals surface area contributed by atoms with E-state index in [2.05, 4.69) is 10.3 Å². The molecule has 2 aromatic rings. The van der Waals surface area contributed by atoms with Gasteiger partial charge in [0.15, 0.2) is 0 Å². The van der Waals surface area contributed by atoms with E-state index in [1.807, 2.05) is 19.9 Å². The van der Waals surface area contributed by atoms with Crippen molar-refractivity contribution in [3.8, 4) is 0 Å². The Balaban J connectivity index is 2.58. The molecule has 20 heavy (non-hydrogen) atoms. The zero-order valence-corrected chi connectivity index (χ0v) is 11.6. The Hall–Kier alpha value is -2.21. The lowest BCUT2D eigenvalue weighted by Gasteiger charge is -2.17. The van der Waals surface area contributed by atoms with Gasteiger partial charge in [0.25, 0.3) is 5.69 Å². The van der Waals surface area contributed by atoms with Crippen LogP contribution < -0.4 is 11.1 Å². The maximum Gasteiger partial charge on any atom is 0.278 e. The van der Waals surface area contributed by atoms with E-state index in [-0.39, 0.29) is 16.7 Å². The fourth-order valence-electron chi connectivity index (χ4n) is 2.16. The summed E-state index contributed by atoms with van der Waals surface area (Å²) in [6.07, 6.45) is 2.44. The molecule has 2 rings (SSSR count). The van der Waals surface area contributed by atoms with Gasteiger partial charge in [-0.15, -0.1) is 0 Å². The first-order chi connectivity index (χ1) is 9.56. The van der Waals surface area contributed by atoms with Gasteiger partial charge in [-0.1, -0.05) is 6.92 Å². The highest BCUT2D eigenvalue weighted by Crippen LogP contribution is 2.31. The number of benzene rings is 1. The van der Waals surface area contributed by atoms with Crippen LogP contribution in [0.2, 0.25) is 0 Å². The molecule has 0 spiro atoms. The molecule has 0 saturated heterocycles. The minimum Gasteiger partial charge on any atom is -0.381 e. The first-order valence-electron chi connectivity index (χ1n) is 6.57. The van der Waals surface area contributed by atoms with E-state index in [4.69, 9.17) is 5.73 Å². The highest BCUT2D eigenvalue weighted by molar-refractivity contribution is 5.99. The number of rotatable bonds is 5. The number of nitro benzene ring substituents is 1. The quantitative estimate of drug-likeness (QED) is 0.645. The number of nitrogens with zero attached hydrogens (tertiary/aromatic N) is 2. The number of hydrogen-bond donors (Lipinski definition) is 2. The molecule has 1 aromatic heterocycles. The smallest absolute Gasteiger partial charge is 0.278 e. The average molecular weight is 274 g/mol. The number of anilines is 1. The van der Waals surface area contributed by atoms with Crippen LogP contribution in [0.4, 0.5) is 11.4 Å². The van der Waals surface area contributed by atoms with Crippen molar-refractivity contribution in [3.05, 3.63) is 40.2 Å². The van der Waals surface area contributed by atoms with Gasteiger partial charge in [0.05, 0.1) is 10.3 Å². The number of aromatic nitrogens is 1. The number of aryl methyl sites for hydroxylation is 1. The van der Waals surface area contributed by atoms with E-state index >= 15 is 0 Å². The Morgan fingerprint density at radius 1 is 1.45 bits per heavy atom. The van der Waals surface area contributed by atoms with E-state index in [9.17, 15) is 10.1 Å². The molecule has 1 unspecified atom stereocenters. The van der Waals surface area contributed by atoms with Gasteiger partial charge in [-0.3, -0.25) is 15.1 Å². The number of nitrogens with one attached hydrogen (secondary N) is 1. The summed E-state index contributed by atoms with van der Waals surface area (Å²) >= 11 is 0. The second-order valence-corrected chi connectivity index (χ2v) is 4.75. The summed E-state index contributed by atoms with van der Waals surface area (Å²) in [5.74, 6) is 0. The SMILES string of the molecule is CCC(CN)Nc1ccc([N+](=O)[O-])c2cnc(C)cc12. The molecule has 106 valence electrons. The monoisotopic (exact) mass is 274 g/mol. The van der Waals surface area contributed by atoms with Gasteiger partial charge in [0.2, 0.25) is 0 Å². The summed E-state index contributed by atoms with van der Waals surface area (Å²) in [4.78, 5) is 14.9. The molecule has 0 bridgehead atoms. The van der Waals surface area contributed by atoms with Crippen molar-refractivity contribution in [2.75, 3.05) is 11.9 Å². The third kappa shape index (κ3) is 2.70. The number of nitro groups is 1. The van der Waals surface area contributed by atoms with E-state index < -0.39 is 0 Å². The Morgan fingerprint density at radius 2 is 2.20 bits per heavy atom. The van der Waals surface area contributed by atoms with Crippen molar-refractivity contribution < 1.29 is 4.92 Å². The van der Waals surface area contributed by atoms with Crippen molar-refractivity contribution in [1.82, 2.24) is 4.98 Å². The lowest BCUT2D eigenvalue weighted by Crippen LogP contribution is -2.27. The Morgan fingerprint density at radius 3 is 2.80 bits per heavy atom.